The van der Waals surface area contributed by atoms with E-state index in [1.165, 1.54) is 0 Å². The summed E-state index contributed by atoms with van der Waals surface area (Å²) in [6, 6.07) is 12.6. The van der Waals surface area contributed by atoms with E-state index in [0.29, 0.717) is 18.4 Å². The summed E-state index contributed by atoms with van der Waals surface area (Å²) in [6.45, 7) is 4.04. The van der Waals surface area contributed by atoms with Gasteiger partial charge in [-0.25, -0.2) is 4.79 Å². The molecule has 1 aliphatic heterocycles. The molecule has 1 saturated carbocycles. The van der Waals surface area contributed by atoms with E-state index in [0.717, 1.165) is 52.8 Å². The first-order chi connectivity index (χ1) is 13.8. The molecular weight excluding hydrogens is 362 g/mol. The number of hydrogen-bond acceptors (Lipinski definition) is 4. The van der Waals surface area contributed by atoms with Gasteiger partial charge in [0.05, 0.1) is 0 Å². The van der Waals surface area contributed by atoms with Gasteiger partial charge in [-0.15, -0.1) is 0 Å². The van der Waals surface area contributed by atoms with Gasteiger partial charge in [0.1, 0.15) is 5.57 Å². The minimum Gasteiger partial charge on any atom is -0.507 e. The van der Waals surface area contributed by atoms with Crippen molar-refractivity contribution in [3.63, 3.8) is 0 Å². The van der Waals surface area contributed by atoms with Crippen molar-refractivity contribution in [1.29, 1.82) is 0 Å². The minimum atomic E-state index is -0.800. The van der Waals surface area contributed by atoms with Gasteiger partial charge in [0.25, 0.3) is 0 Å². The highest BCUT2D eigenvalue weighted by Gasteiger charge is 2.49. The van der Waals surface area contributed by atoms with Crippen LogP contribution in [-0.2, 0) is 9.53 Å². The molecule has 1 fully saturated rings. The van der Waals surface area contributed by atoms with Gasteiger partial charge in [-0.2, -0.15) is 0 Å². The Morgan fingerprint density at radius 2 is 1.52 bits per heavy atom. The van der Waals surface area contributed by atoms with Crippen LogP contribution in [0.15, 0.2) is 42.2 Å². The number of esters is 1. The summed E-state index contributed by atoms with van der Waals surface area (Å²) in [4.78, 5) is 14.8. The second-order valence-corrected chi connectivity index (χ2v) is 8.59. The number of carbonyl (C=O) groups is 1. The Morgan fingerprint density at radius 1 is 0.931 bits per heavy atom. The zero-order valence-electron chi connectivity index (χ0n) is 17.7. The van der Waals surface area contributed by atoms with Crippen molar-refractivity contribution < 1.29 is 14.6 Å². The predicted molar refractivity (Wildman–Crippen MR) is 117 cm³/mol. The third-order valence-electron chi connectivity index (χ3n) is 6.36. The molecule has 0 amide bonds. The molecule has 0 saturated heterocycles. The van der Waals surface area contributed by atoms with E-state index in [4.69, 9.17) is 4.74 Å². The Kier molecular flexibility index (Phi) is 4.89. The molecule has 4 nitrogen and oxygen atoms in total. The van der Waals surface area contributed by atoms with Crippen molar-refractivity contribution in [2.24, 2.45) is 0 Å². The lowest BCUT2D eigenvalue weighted by Crippen LogP contribution is -2.34. The minimum absolute atomic E-state index is 0.132. The van der Waals surface area contributed by atoms with Crippen LogP contribution in [0.4, 0.5) is 5.69 Å². The van der Waals surface area contributed by atoms with Crippen LogP contribution in [0.1, 0.15) is 48.8 Å². The molecule has 2 aromatic rings. The van der Waals surface area contributed by atoms with Crippen LogP contribution in [0.5, 0.6) is 0 Å². The Bertz CT molecular complexity index is 980. The third kappa shape index (κ3) is 3.31. The molecule has 0 bridgehead atoms. The number of benzene rings is 2. The monoisotopic (exact) mass is 391 g/mol. The summed E-state index contributed by atoms with van der Waals surface area (Å²) >= 11 is 0. The third-order valence-corrected chi connectivity index (χ3v) is 6.36. The van der Waals surface area contributed by atoms with Crippen LogP contribution in [0, 0.1) is 13.8 Å². The molecule has 0 unspecified atom stereocenters. The molecule has 2 aliphatic rings. The van der Waals surface area contributed by atoms with Gasteiger partial charge < -0.3 is 14.7 Å². The molecule has 2 aromatic carbocycles. The number of ether oxygens (including phenoxy) is 1. The maximum Gasteiger partial charge on any atom is 0.343 e. The number of aryl methyl sites for hydroxylation is 2. The maximum atomic E-state index is 12.7. The number of nitrogens with zero attached hydrogens (tertiary/aromatic N) is 1. The summed E-state index contributed by atoms with van der Waals surface area (Å²) in [6.07, 6.45) is 4.50. The van der Waals surface area contributed by atoms with E-state index in [9.17, 15) is 9.90 Å². The smallest absolute Gasteiger partial charge is 0.343 e. The second kappa shape index (κ2) is 7.25. The zero-order valence-corrected chi connectivity index (χ0v) is 17.7. The zero-order chi connectivity index (χ0) is 20.8. The van der Waals surface area contributed by atoms with Crippen molar-refractivity contribution >= 4 is 17.2 Å². The second-order valence-electron chi connectivity index (χ2n) is 8.59. The van der Waals surface area contributed by atoms with Gasteiger partial charge in [-0.3, -0.25) is 0 Å². The molecule has 0 atom stereocenters. The summed E-state index contributed by atoms with van der Waals surface area (Å²) in [5, 5.41) is 11.0. The fourth-order valence-electron chi connectivity index (χ4n) is 4.64. The summed E-state index contributed by atoms with van der Waals surface area (Å²) in [5.41, 5.74) is 5.79. The number of hydrogen-bond donors (Lipinski definition) is 1. The highest BCUT2D eigenvalue weighted by atomic mass is 16.6. The average Bonchev–Trinajstić information content (AvgIpc) is 2.93. The highest BCUT2D eigenvalue weighted by Crippen LogP contribution is 2.46. The van der Waals surface area contributed by atoms with Gasteiger partial charge in [0.15, 0.2) is 11.4 Å². The normalized spacial score (nSPS) is 18.3. The van der Waals surface area contributed by atoms with Gasteiger partial charge in [0.2, 0.25) is 0 Å². The first-order valence-electron chi connectivity index (χ1n) is 10.4. The van der Waals surface area contributed by atoms with Crippen molar-refractivity contribution in [1.82, 2.24) is 0 Å². The SMILES string of the molecule is Cc1cc(-c2ccc(N(C)C)cc2)c(C)cc1C1=C(O)C2(CCCCC2)OC1=O. The highest BCUT2D eigenvalue weighted by molar-refractivity contribution is 6.20. The molecule has 4 rings (SSSR count). The van der Waals surface area contributed by atoms with Gasteiger partial charge in [-0.1, -0.05) is 30.7 Å². The topological polar surface area (TPSA) is 49.8 Å². The van der Waals surface area contributed by atoms with Crippen LogP contribution in [0.2, 0.25) is 0 Å². The number of aliphatic hydroxyl groups excluding tert-OH is 1. The van der Waals surface area contributed by atoms with E-state index in [2.05, 4.69) is 35.2 Å². The predicted octanol–water partition coefficient (Wildman–Crippen LogP) is 5.57. The quantitative estimate of drug-likeness (QED) is 0.696. The molecule has 4 heteroatoms. The van der Waals surface area contributed by atoms with Crippen LogP contribution in [0.25, 0.3) is 16.7 Å². The average molecular weight is 392 g/mol. The number of aliphatic hydroxyl groups is 1. The molecular formula is C25H29NO3. The Balaban J connectivity index is 1.75. The molecule has 1 spiro atoms. The van der Waals surface area contributed by atoms with E-state index >= 15 is 0 Å². The fourth-order valence-corrected chi connectivity index (χ4v) is 4.64. The van der Waals surface area contributed by atoms with Crippen molar-refractivity contribution in [3.8, 4) is 11.1 Å². The Hall–Kier alpha value is -2.75. The molecule has 1 aliphatic carbocycles. The lowest BCUT2D eigenvalue weighted by atomic mass is 9.82. The molecule has 1 N–H and O–H groups in total. The number of rotatable bonds is 3. The Morgan fingerprint density at radius 3 is 2.14 bits per heavy atom. The van der Waals surface area contributed by atoms with E-state index in [1.54, 1.807) is 0 Å². The van der Waals surface area contributed by atoms with Crippen LogP contribution < -0.4 is 4.90 Å². The van der Waals surface area contributed by atoms with Crippen LogP contribution in [-0.4, -0.2) is 30.8 Å². The molecule has 152 valence electrons. The number of carbonyl (C=O) groups excluding carboxylic acids is 1. The van der Waals surface area contributed by atoms with Crippen LogP contribution >= 0.6 is 0 Å². The molecule has 1 heterocycles. The molecule has 0 aromatic heterocycles. The maximum absolute atomic E-state index is 12.7. The van der Waals surface area contributed by atoms with Crippen molar-refractivity contribution in [2.75, 3.05) is 19.0 Å². The lowest BCUT2D eigenvalue weighted by Gasteiger charge is -2.31. The first-order valence-corrected chi connectivity index (χ1v) is 10.4. The summed E-state index contributed by atoms with van der Waals surface area (Å²) in [7, 11) is 4.05. The number of anilines is 1. The molecule has 0 radical (unpaired) electrons. The first kappa shape index (κ1) is 19.6. The summed E-state index contributed by atoms with van der Waals surface area (Å²) in [5.74, 6) is -0.261. The summed E-state index contributed by atoms with van der Waals surface area (Å²) < 4.78 is 5.75. The van der Waals surface area contributed by atoms with Gasteiger partial charge in [-0.05, 0) is 79.5 Å². The fraction of sp³-hybridized carbons (Fsp3) is 0.400. The standard InChI is InChI=1S/C25H29NO3/c1-16-15-21(22-23(27)25(29-24(22)28)12-6-5-7-13-25)17(2)14-20(16)18-8-10-19(11-9-18)26(3)4/h8-11,14-15,27H,5-7,12-13H2,1-4H3. The van der Waals surface area contributed by atoms with E-state index < -0.39 is 11.6 Å². The van der Waals surface area contributed by atoms with Gasteiger partial charge >= 0.3 is 5.97 Å². The Labute approximate surface area is 172 Å². The molecule has 29 heavy (non-hydrogen) atoms. The lowest BCUT2D eigenvalue weighted by molar-refractivity contribution is -0.149. The van der Waals surface area contributed by atoms with E-state index in [1.807, 2.05) is 34.0 Å². The van der Waals surface area contributed by atoms with Gasteiger partial charge in [0, 0.05) is 19.8 Å². The largest absolute Gasteiger partial charge is 0.507 e. The van der Waals surface area contributed by atoms with E-state index in [-0.39, 0.29) is 5.76 Å². The van der Waals surface area contributed by atoms with Crippen molar-refractivity contribution in [3.05, 3.63) is 58.8 Å². The van der Waals surface area contributed by atoms with Crippen LogP contribution in [0.3, 0.4) is 0 Å². The van der Waals surface area contributed by atoms with Crippen molar-refractivity contribution in [2.45, 2.75) is 51.6 Å².